The summed E-state index contributed by atoms with van der Waals surface area (Å²) in [6, 6.07) is 5.74. The Hall–Kier alpha value is -2.95. The van der Waals surface area contributed by atoms with Crippen molar-refractivity contribution in [3.63, 3.8) is 0 Å². The van der Waals surface area contributed by atoms with Crippen LogP contribution in [0.15, 0.2) is 24.3 Å². The summed E-state index contributed by atoms with van der Waals surface area (Å²) in [6.45, 7) is 17.7. The van der Waals surface area contributed by atoms with Gasteiger partial charge in [-0.2, -0.15) is 0 Å². The molecule has 2 N–H and O–H groups in total. The Morgan fingerprint density at radius 2 is 1.48 bits per heavy atom. The molecule has 2 amide bonds. The topological polar surface area (TPSA) is 160 Å². The standard InChI is InChI=1S/C33H53N2O10P/c1-11-43-46(42)21-20-34(22-23-16-12-13-17-24(23)25(36)37)26(30(2,3)4)33(46,27(38)39)18-14-15-19-35(28(40)44-31(5,6)7)29(41)45-32(8,9)10/h12-13,16-17,26H,11,14-15,18-22H2,1-10H3,(H,36,37)(H,38,39). The van der Waals surface area contributed by atoms with Gasteiger partial charge in [0.05, 0.1) is 12.2 Å². The van der Waals surface area contributed by atoms with E-state index >= 15 is 0 Å². The summed E-state index contributed by atoms with van der Waals surface area (Å²) >= 11 is 0. The van der Waals surface area contributed by atoms with Crippen LogP contribution in [-0.4, -0.2) is 92.4 Å². The molecule has 3 unspecified atom stereocenters. The maximum Gasteiger partial charge on any atom is 0.419 e. The van der Waals surface area contributed by atoms with Crippen LogP contribution in [0.3, 0.4) is 0 Å². The number of ether oxygens (including phenoxy) is 2. The summed E-state index contributed by atoms with van der Waals surface area (Å²) in [5.41, 5.74) is -1.86. The van der Waals surface area contributed by atoms with Gasteiger partial charge in [-0.15, -0.1) is 0 Å². The van der Waals surface area contributed by atoms with Gasteiger partial charge in [0.1, 0.15) is 11.2 Å². The Labute approximate surface area is 273 Å². The molecular weight excluding hydrogens is 615 g/mol. The maximum absolute atomic E-state index is 14.7. The molecule has 1 aromatic carbocycles. The number of carbonyl (C=O) groups excluding carboxylic acids is 2. The van der Waals surface area contributed by atoms with Gasteiger partial charge in [0.25, 0.3) is 0 Å². The van der Waals surface area contributed by atoms with Crippen LogP contribution in [0.2, 0.25) is 0 Å². The second kappa shape index (κ2) is 14.9. The first-order valence-corrected chi connectivity index (χ1v) is 17.6. The molecule has 0 aliphatic carbocycles. The van der Waals surface area contributed by atoms with Crippen LogP contribution in [0, 0.1) is 5.41 Å². The monoisotopic (exact) mass is 668 g/mol. The van der Waals surface area contributed by atoms with E-state index in [0.29, 0.717) is 5.56 Å². The summed E-state index contributed by atoms with van der Waals surface area (Å²) in [5.74, 6) is -2.36. The number of hydrogen-bond donors (Lipinski definition) is 2. The number of unbranched alkanes of at least 4 members (excludes halogenated alkanes) is 1. The lowest BCUT2D eigenvalue weighted by atomic mass is 9.74. The van der Waals surface area contributed by atoms with Crippen molar-refractivity contribution in [3.05, 3.63) is 35.4 Å². The quantitative estimate of drug-likeness (QED) is 0.183. The van der Waals surface area contributed by atoms with E-state index in [4.69, 9.17) is 14.0 Å². The van der Waals surface area contributed by atoms with Gasteiger partial charge < -0.3 is 24.2 Å². The van der Waals surface area contributed by atoms with E-state index < -0.39 is 59.3 Å². The van der Waals surface area contributed by atoms with E-state index in [1.54, 1.807) is 66.7 Å². The van der Waals surface area contributed by atoms with Crippen LogP contribution in [-0.2, 0) is 29.9 Å². The molecule has 260 valence electrons. The van der Waals surface area contributed by atoms with Gasteiger partial charge in [-0.3, -0.25) is 14.3 Å². The minimum atomic E-state index is -3.85. The zero-order valence-electron chi connectivity index (χ0n) is 29.0. The fourth-order valence-electron chi connectivity index (χ4n) is 6.22. The Morgan fingerprint density at radius 3 is 1.93 bits per heavy atom. The molecule has 1 aliphatic heterocycles. The molecule has 1 aliphatic rings. The van der Waals surface area contributed by atoms with Gasteiger partial charge in [-0.05, 0) is 84.8 Å². The summed E-state index contributed by atoms with van der Waals surface area (Å²) in [5, 5.41) is 19.0. The third-order valence-corrected chi connectivity index (χ3v) is 11.0. The van der Waals surface area contributed by atoms with Crippen molar-refractivity contribution in [2.24, 2.45) is 5.41 Å². The molecule has 0 bridgehead atoms. The molecular formula is C33H53N2O10P. The number of carboxylic acid groups (broad SMARTS) is 2. The van der Waals surface area contributed by atoms with Crippen LogP contribution >= 0.6 is 7.37 Å². The highest BCUT2D eigenvalue weighted by molar-refractivity contribution is 7.62. The highest BCUT2D eigenvalue weighted by atomic mass is 31.2. The Balaban J connectivity index is 2.52. The predicted octanol–water partition coefficient (Wildman–Crippen LogP) is 7.10. The molecule has 0 aromatic heterocycles. The molecule has 1 heterocycles. The Morgan fingerprint density at radius 1 is 0.935 bits per heavy atom. The SMILES string of the molecule is CCOP1(=O)CCN(Cc2ccccc2C(=O)O)C(C(C)(C)C)C1(CCCCN(C(=O)OC(C)(C)C)C(=O)OC(C)(C)C)C(=O)O. The molecule has 3 atom stereocenters. The van der Waals surface area contributed by atoms with Crippen LogP contribution in [0.5, 0.6) is 0 Å². The first kappa shape index (κ1) is 39.2. The fraction of sp³-hybridized carbons (Fsp3) is 0.697. The maximum atomic E-state index is 14.7. The molecule has 2 rings (SSSR count). The van der Waals surface area contributed by atoms with Gasteiger partial charge in [0, 0.05) is 31.8 Å². The number of amides is 2. The summed E-state index contributed by atoms with van der Waals surface area (Å²) in [6.07, 6.45) is -1.52. The third kappa shape index (κ3) is 9.55. The molecule has 1 fully saturated rings. The largest absolute Gasteiger partial charge is 0.480 e. The molecule has 13 heteroatoms. The van der Waals surface area contributed by atoms with Gasteiger partial charge in [-0.1, -0.05) is 39.0 Å². The molecule has 12 nitrogen and oxygen atoms in total. The minimum Gasteiger partial charge on any atom is -0.480 e. The lowest BCUT2D eigenvalue weighted by Crippen LogP contribution is -2.66. The lowest BCUT2D eigenvalue weighted by Gasteiger charge is -2.55. The number of carboxylic acids is 2. The fourth-order valence-corrected chi connectivity index (χ4v) is 9.63. The zero-order valence-corrected chi connectivity index (χ0v) is 29.9. The van der Waals surface area contributed by atoms with E-state index in [-0.39, 0.29) is 57.2 Å². The van der Waals surface area contributed by atoms with Gasteiger partial charge in [-0.25, -0.2) is 19.3 Å². The lowest BCUT2D eigenvalue weighted by molar-refractivity contribution is -0.146. The molecule has 0 saturated carbocycles. The third-order valence-electron chi connectivity index (χ3n) is 7.67. The molecule has 46 heavy (non-hydrogen) atoms. The van der Waals surface area contributed by atoms with E-state index in [2.05, 4.69) is 0 Å². The number of nitrogens with zero attached hydrogens (tertiary/aromatic N) is 2. The van der Waals surface area contributed by atoms with Crippen LogP contribution in [0.4, 0.5) is 9.59 Å². The van der Waals surface area contributed by atoms with Crippen LogP contribution < -0.4 is 0 Å². The van der Waals surface area contributed by atoms with Gasteiger partial charge in [0.15, 0.2) is 5.16 Å². The number of benzene rings is 1. The number of carbonyl (C=O) groups is 4. The van der Waals surface area contributed by atoms with Crippen molar-refractivity contribution in [2.45, 2.75) is 117 Å². The van der Waals surface area contributed by atoms with Crippen molar-refractivity contribution in [3.8, 4) is 0 Å². The average molecular weight is 669 g/mol. The average Bonchev–Trinajstić information content (AvgIpc) is 2.87. The van der Waals surface area contributed by atoms with Crippen molar-refractivity contribution < 1.29 is 48.0 Å². The Bertz CT molecular complexity index is 1280. The van der Waals surface area contributed by atoms with E-state index in [0.717, 1.165) is 4.90 Å². The van der Waals surface area contributed by atoms with Gasteiger partial charge >= 0.3 is 24.1 Å². The zero-order chi connectivity index (χ0) is 35.3. The smallest absolute Gasteiger partial charge is 0.419 e. The number of rotatable bonds is 11. The van der Waals surface area contributed by atoms with E-state index in [1.807, 2.05) is 25.7 Å². The number of aliphatic carboxylic acids is 1. The molecule has 1 saturated heterocycles. The molecule has 1 aromatic rings. The Kier molecular flexibility index (Phi) is 12.7. The first-order valence-electron chi connectivity index (χ1n) is 15.7. The van der Waals surface area contributed by atoms with Crippen molar-refractivity contribution in [1.82, 2.24) is 9.80 Å². The van der Waals surface area contributed by atoms with Crippen molar-refractivity contribution >= 4 is 31.5 Å². The highest BCUT2D eigenvalue weighted by Crippen LogP contribution is 2.67. The van der Waals surface area contributed by atoms with Crippen LogP contribution in [0.25, 0.3) is 0 Å². The second-order valence-electron chi connectivity index (χ2n) is 14.8. The van der Waals surface area contributed by atoms with Crippen molar-refractivity contribution in [2.75, 3.05) is 25.9 Å². The normalized spacial score (nSPS) is 22.6. The highest BCUT2D eigenvalue weighted by Gasteiger charge is 2.66. The minimum absolute atomic E-state index is 0.0309. The number of hydrogen-bond acceptors (Lipinski definition) is 9. The second-order valence-corrected chi connectivity index (χ2v) is 17.7. The summed E-state index contributed by atoms with van der Waals surface area (Å²) < 4.78 is 31.5. The van der Waals surface area contributed by atoms with E-state index in [1.165, 1.54) is 6.07 Å². The summed E-state index contributed by atoms with van der Waals surface area (Å²) in [7, 11) is -3.85. The predicted molar refractivity (Wildman–Crippen MR) is 175 cm³/mol. The molecule has 0 radical (unpaired) electrons. The molecule has 0 spiro atoms. The van der Waals surface area contributed by atoms with E-state index in [9.17, 15) is 34.0 Å². The van der Waals surface area contributed by atoms with Crippen LogP contribution in [0.1, 0.15) is 104 Å². The van der Waals surface area contributed by atoms with Gasteiger partial charge in [0.2, 0.25) is 7.37 Å². The first-order chi connectivity index (χ1) is 21.0. The summed E-state index contributed by atoms with van der Waals surface area (Å²) in [4.78, 5) is 54.3. The van der Waals surface area contributed by atoms with Crippen molar-refractivity contribution in [1.29, 1.82) is 0 Å². The number of aromatic carboxylic acids is 1. The number of imide groups is 1.